The molecule has 0 aromatic carbocycles. The lowest BCUT2D eigenvalue weighted by Gasteiger charge is -2.21. The molecule has 0 radical (unpaired) electrons. The first-order valence-electron chi connectivity index (χ1n) is 7.49. The van der Waals surface area contributed by atoms with Crippen molar-refractivity contribution in [2.45, 2.75) is 64.0 Å². The molecule has 1 saturated carbocycles. The number of nitrogens with two attached hydrogens (primary N) is 1. The number of hydrogen-bond acceptors (Lipinski definition) is 3. The maximum Gasteiger partial charge on any atom is 0.127 e. The molecule has 0 bridgehead atoms. The molecule has 4 heteroatoms. The molecule has 1 heterocycles. The molecule has 1 aromatic heterocycles. The van der Waals surface area contributed by atoms with Gasteiger partial charge in [-0.2, -0.15) is 0 Å². The minimum Gasteiger partial charge on any atom is -0.384 e. The van der Waals surface area contributed by atoms with Crippen molar-refractivity contribution in [2.24, 2.45) is 0 Å². The number of methoxy groups -OCH3 is 1. The first kappa shape index (κ1) is 15.1. The number of imidazole rings is 1. The highest BCUT2D eigenvalue weighted by Crippen LogP contribution is 2.35. The second-order valence-corrected chi connectivity index (χ2v) is 6.32. The number of nitrogens with zero attached hydrogens (tertiary/aromatic N) is 2. The Kier molecular flexibility index (Phi) is 4.53. The van der Waals surface area contributed by atoms with Crippen molar-refractivity contribution >= 4 is 5.82 Å². The second-order valence-electron chi connectivity index (χ2n) is 6.32. The molecule has 0 saturated heterocycles. The van der Waals surface area contributed by atoms with Gasteiger partial charge in [-0.15, -0.1) is 6.58 Å². The van der Waals surface area contributed by atoms with Gasteiger partial charge in [0.15, 0.2) is 0 Å². The van der Waals surface area contributed by atoms with Crippen LogP contribution in [0.1, 0.15) is 57.0 Å². The number of rotatable bonds is 6. The molecule has 1 aliphatic rings. The van der Waals surface area contributed by atoms with Gasteiger partial charge in [0, 0.05) is 26.0 Å². The summed E-state index contributed by atoms with van der Waals surface area (Å²) in [6.07, 6.45) is 7.66. The van der Waals surface area contributed by atoms with Gasteiger partial charge in [-0.3, -0.25) is 0 Å². The molecule has 0 spiro atoms. The van der Waals surface area contributed by atoms with Gasteiger partial charge in [0.1, 0.15) is 11.6 Å². The van der Waals surface area contributed by atoms with Gasteiger partial charge < -0.3 is 15.0 Å². The highest BCUT2D eigenvalue weighted by atomic mass is 16.5. The molecule has 2 rings (SSSR count). The molecule has 1 aromatic rings. The van der Waals surface area contributed by atoms with Gasteiger partial charge in [0.25, 0.3) is 0 Å². The fourth-order valence-corrected chi connectivity index (χ4v) is 2.96. The third-order valence-corrected chi connectivity index (χ3v) is 4.29. The molecular weight excluding hydrogens is 250 g/mol. The lowest BCUT2D eigenvalue weighted by molar-refractivity contribution is 0.0226. The highest BCUT2D eigenvalue weighted by Gasteiger charge is 2.27. The van der Waals surface area contributed by atoms with Crippen LogP contribution in [-0.4, -0.2) is 22.3 Å². The molecule has 4 nitrogen and oxygen atoms in total. The van der Waals surface area contributed by atoms with Crippen molar-refractivity contribution in [2.75, 3.05) is 12.8 Å². The van der Waals surface area contributed by atoms with Gasteiger partial charge in [0.05, 0.1) is 11.3 Å². The maximum atomic E-state index is 6.32. The van der Waals surface area contributed by atoms with Gasteiger partial charge in [-0.05, 0) is 26.7 Å². The van der Waals surface area contributed by atoms with Crippen LogP contribution < -0.4 is 5.73 Å². The number of ether oxygens (including phenoxy) is 1. The number of allylic oxidation sites excluding steroid dienone is 1. The van der Waals surface area contributed by atoms with Crippen LogP contribution in [-0.2, 0) is 17.7 Å². The zero-order chi connectivity index (χ0) is 14.8. The monoisotopic (exact) mass is 277 g/mol. The fraction of sp³-hybridized carbons (Fsp3) is 0.688. The minimum atomic E-state index is -0.242. The molecule has 0 unspecified atom stereocenters. The molecule has 0 aliphatic heterocycles. The van der Waals surface area contributed by atoms with E-state index < -0.39 is 0 Å². The summed E-state index contributed by atoms with van der Waals surface area (Å²) >= 11 is 0. The molecule has 1 aliphatic carbocycles. The predicted molar refractivity (Wildman–Crippen MR) is 82.8 cm³/mol. The van der Waals surface area contributed by atoms with Crippen LogP contribution in [0.5, 0.6) is 0 Å². The Hall–Kier alpha value is -1.29. The van der Waals surface area contributed by atoms with Gasteiger partial charge >= 0.3 is 0 Å². The smallest absolute Gasteiger partial charge is 0.127 e. The largest absolute Gasteiger partial charge is 0.384 e. The van der Waals surface area contributed by atoms with Crippen molar-refractivity contribution in [3.8, 4) is 0 Å². The van der Waals surface area contributed by atoms with Crippen LogP contribution in [0, 0.1) is 0 Å². The Balaban J connectivity index is 2.33. The SMILES string of the molecule is C=CCn1c(C2CCCC2)nc(CC(C)(C)OC)c1N. The van der Waals surface area contributed by atoms with E-state index in [9.17, 15) is 0 Å². The Bertz CT molecular complexity index is 470. The summed E-state index contributed by atoms with van der Waals surface area (Å²) in [5.74, 6) is 2.47. The van der Waals surface area contributed by atoms with E-state index in [0.717, 1.165) is 30.3 Å². The maximum absolute atomic E-state index is 6.32. The number of nitrogen functional groups attached to an aromatic ring is 1. The van der Waals surface area contributed by atoms with Crippen LogP contribution in [0.4, 0.5) is 5.82 Å². The van der Waals surface area contributed by atoms with Gasteiger partial charge in [-0.25, -0.2) is 4.98 Å². The Morgan fingerprint density at radius 1 is 1.45 bits per heavy atom. The molecule has 0 amide bonds. The minimum absolute atomic E-state index is 0.242. The van der Waals surface area contributed by atoms with E-state index in [0.29, 0.717) is 5.92 Å². The van der Waals surface area contributed by atoms with Crippen molar-refractivity contribution in [1.82, 2.24) is 9.55 Å². The molecular formula is C16H27N3O. The van der Waals surface area contributed by atoms with Crippen molar-refractivity contribution in [3.05, 3.63) is 24.2 Å². The molecule has 1 fully saturated rings. The average molecular weight is 277 g/mol. The van der Waals surface area contributed by atoms with E-state index in [1.807, 2.05) is 6.08 Å². The summed E-state index contributed by atoms with van der Waals surface area (Å²) in [7, 11) is 1.73. The van der Waals surface area contributed by atoms with E-state index in [4.69, 9.17) is 15.5 Å². The Morgan fingerprint density at radius 2 is 2.10 bits per heavy atom. The molecule has 112 valence electrons. The Labute approximate surface area is 122 Å². The lowest BCUT2D eigenvalue weighted by Crippen LogP contribution is -2.26. The summed E-state index contributed by atoms with van der Waals surface area (Å²) in [5, 5.41) is 0. The molecule has 2 N–H and O–H groups in total. The van der Waals surface area contributed by atoms with Gasteiger partial charge in [-0.1, -0.05) is 18.9 Å². The average Bonchev–Trinajstić information content (AvgIpc) is 3.02. The van der Waals surface area contributed by atoms with Crippen molar-refractivity contribution in [3.63, 3.8) is 0 Å². The summed E-state index contributed by atoms with van der Waals surface area (Å²) < 4.78 is 7.64. The van der Waals surface area contributed by atoms with E-state index >= 15 is 0 Å². The van der Waals surface area contributed by atoms with Crippen LogP contribution >= 0.6 is 0 Å². The summed E-state index contributed by atoms with van der Waals surface area (Å²) in [6, 6.07) is 0. The summed E-state index contributed by atoms with van der Waals surface area (Å²) in [5.41, 5.74) is 7.03. The zero-order valence-electron chi connectivity index (χ0n) is 13.0. The van der Waals surface area contributed by atoms with E-state index in [1.165, 1.54) is 25.7 Å². The van der Waals surface area contributed by atoms with Crippen LogP contribution in [0.25, 0.3) is 0 Å². The first-order valence-corrected chi connectivity index (χ1v) is 7.49. The van der Waals surface area contributed by atoms with Crippen molar-refractivity contribution < 1.29 is 4.74 Å². The fourth-order valence-electron chi connectivity index (χ4n) is 2.96. The summed E-state index contributed by atoms with van der Waals surface area (Å²) in [4.78, 5) is 4.85. The third-order valence-electron chi connectivity index (χ3n) is 4.29. The normalized spacial score (nSPS) is 16.8. The lowest BCUT2D eigenvalue weighted by atomic mass is 10.0. The summed E-state index contributed by atoms with van der Waals surface area (Å²) in [6.45, 7) is 8.70. The Morgan fingerprint density at radius 3 is 2.65 bits per heavy atom. The topological polar surface area (TPSA) is 53.1 Å². The highest BCUT2D eigenvalue weighted by molar-refractivity contribution is 5.40. The quantitative estimate of drug-likeness (QED) is 0.812. The standard InChI is InChI=1S/C16H27N3O/c1-5-10-19-14(17)13(11-16(2,3)20-4)18-15(19)12-8-6-7-9-12/h5,12H,1,6-11,17H2,2-4H3. The number of anilines is 1. The van der Waals surface area contributed by atoms with E-state index in [-0.39, 0.29) is 5.60 Å². The molecule has 20 heavy (non-hydrogen) atoms. The molecule has 0 atom stereocenters. The predicted octanol–water partition coefficient (Wildman–Crippen LogP) is 3.28. The third kappa shape index (κ3) is 3.06. The number of aromatic nitrogens is 2. The van der Waals surface area contributed by atoms with Crippen LogP contribution in [0.3, 0.4) is 0 Å². The van der Waals surface area contributed by atoms with E-state index in [2.05, 4.69) is 25.0 Å². The van der Waals surface area contributed by atoms with Gasteiger partial charge in [0.2, 0.25) is 0 Å². The van der Waals surface area contributed by atoms with E-state index in [1.54, 1.807) is 7.11 Å². The second kappa shape index (κ2) is 6.00. The van der Waals surface area contributed by atoms with Crippen molar-refractivity contribution in [1.29, 1.82) is 0 Å². The zero-order valence-corrected chi connectivity index (χ0v) is 13.0. The van der Waals surface area contributed by atoms with Crippen LogP contribution in [0.2, 0.25) is 0 Å². The van der Waals surface area contributed by atoms with Crippen LogP contribution in [0.15, 0.2) is 12.7 Å². The number of hydrogen-bond donors (Lipinski definition) is 1. The first-order chi connectivity index (χ1) is 9.48.